The highest BCUT2D eigenvalue weighted by Crippen LogP contribution is 2.45. The minimum atomic E-state index is -1.01. The first-order valence-corrected chi connectivity index (χ1v) is 8.64. The van der Waals surface area contributed by atoms with Crippen molar-refractivity contribution in [1.82, 2.24) is 0 Å². The molecular formula is C18H24BrNO4. The monoisotopic (exact) mass is 397 g/mol. The van der Waals surface area contributed by atoms with Crippen molar-refractivity contribution in [2.24, 2.45) is 0 Å². The molecule has 0 spiro atoms. The van der Waals surface area contributed by atoms with Crippen LogP contribution in [-0.2, 0) is 9.53 Å². The highest BCUT2D eigenvalue weighted by Gasteiger charge is 2.48. The SMILES string of the molecule is COc1cc2c(cc1Br)C(C)C(=O)C(C)(C)N2C(=O)OC(C)(C)C. The topological polar surface area (TPSA) is 55.8 Å². The van der Waals surface area contributed by atoms with E-state index in [4.69, 9.17) is 9.47 Å². The summed E-state index contributed by atoms with van der Waals surface area (Å²) in [4.78, 5) is 27.1. The van der Waals surface area contributed by atoms with Crippen molar-refractivity contribution < 1.29 is 19.1 Å². The number of methoxy groups -OCH3 is 1. The van der Waals surface area contributed by atoms with Crippen LogP contribution in [0.5, 0.6) is 5.75 Å². The Labute approximate surface area is 151 Å². The van der Waals surface area contributed by atoms with Gasteiger partial charge in [0.25, 0.3) is 0 Å². The number of halogens is 1. The molecule has 0 N–H and O–H groups in total. The van der Waals surface area contributed by atoms with Gasteiger partial charge in [0.2, 0.25) is 0 Å². The van der Waals surface area contributed by atoms with Gasteiger partial charge in [-0.15, -0.1) is 0 Å². The molecule has 1 unspecified atom stereocenters. The van der Waals surface area contributed by atoms with Crippen molar-refractivity contribution in [2.45, 2.75) is 58.6 Å². The molecule has 1 aromatic carbocycles. The first-order valence-electron chi connectivity index (χ1n) is 7.85. The number of amides is 1. The van der Waals surface area contributed by atoms with E-state index in [1.807, 2.05) is 13.0 Å². The van der Waals surface area contributed by atoms with Gasteiger partial charge in [-0.05, 0) is 62.2 Å². The number of hydrogen-bond donors (Lipinski definition) is 0. The van der Waals surface area contributed by atoms with Crippen molar-refractivity contribution >= 4 is 33.5 Å². The van der Waals surface area contributed by atoms with E-state index in [1.54, 1.807) is 47.8 Å². The lowest BCUT2D eigenvalue weighted by atomic mass is 9.79. The van der Waals surface area contributed by atoms with Gasteiger partial charge in [-0.2, -0.15) is 0 Å². The Morgan fingerprint density at radius 1 is 1.29 bits per heavy atom. The third kappa shape index (κ3) is 3.16. The quantitative estimate of drug-likeness (QED) is 0.690. The summed E-state index contributed by atoms with van der Waals surface area (Å²) in [7, 11) is 1.56. The second-order valence-electron chi connectivity index (χ2n) is 7.51. The molecule has 0 aliphatic carbocycles. The number of benzene rings is 1. The van der Waals surface area contributed by atoms with Crippen LogP contribution in [0.3, 0.4) is 0 Å². The van der Waals surface area contributed by atoms with Crippen molar-refractivity contribution in [2.75, 3.05) is 12.0 Å². The minimum Gasteiger partial charge on any atom is -0.495 e. The van der Waals surface area contributed by atoms with Gasteiger partial charge in [0, 0.05) is 12.0 Å². The number of carbonyl (C=O) groups is 2. The van der Waals surface area contributed by atoms with Crippen LogP contribution < -0.4 is 9.64 Å². The summed E-state index contributed by atoms with van der Waals surface area (Å²) in [6.45, 7) is 10.7. The molecule has 1 aromatic rings. The largest absolute Gasteiger partial charge is 0.495 e. The lowest BCUT2D eigenvalue weighted by Gasteiger charge is -2.44. The summed E-state index contributed by atoms with van der Waals surface area (Å²) >= 11 is 3.45. The maximum Gasteiger partial charge on any atom is 0.415 e. The average Bonchev–Trinajstić information content (AvgIpc) is 2.43. The minimum absolute atomic E-state index is 0.0297. The standard InChI is InChI=1S/C18H24BrNO4/c1-10-11-8-12(19)14(23-7)9-13(11)20(18(5,6)15(10)21)16(22)24-17(2,3)4/h8-10H,1-7H3. The van der Waals surface area contributed by atoms with Crippen LogP contribution in [0.25, 0.3) is 0 Å². The number of rotatable bonds is 1. The molecule has 0 fully saturated rings. The number of hydrogen-bond acceptors (Lipinski definition) is 4. The van der Waals surface area contributed by atoms with Crippen LogP contribution in [0.2, 0.25) is 0 Å². The molecule has 24 heavy (non-hydrogen) atoms. The fraction of sp³-hybridized carbons (Fsp3) is 0.556. The summed E-state index contributed by atoms with van der Waals surface area (Å²) in [5.74, 6) is 0.244. The van der Waals surface area contributed by atoms with E-state index >= 15 is 0 Å². The molecule has 1 heterocycles. The van der Waals surface area contributed by atoms with Gasteiger partial charge >= 0.3 is 6.09 Å². The van der Waals surface area contributed by atoms with E-state index < -0.39 is 17.2 Å². The first-order chi connectivity index (χ1) is 10.9. The van der Waals surface area contributed by atoms with Crippen LogP contribution in [0.4, 0.5) is 10.5 Å². The lowest BCUT2D eigenvalue weighted by molar-refractivity contribution is -0.124. The normalized spacial score (nSPS) is 19.8. The molecule has 6 heteroatoms. The predicted molar refractivity (Wildman–Crippen MR) is 96.9 cm³/mol. The number of Topliss-reactive ketones (excluding diaryl/α,β-unsaturated/α-hetero) is 1. The third-order valence-electron chi connectivity index (χ3n) is 4.14. The lowest BCUT2D eigenvalue weighted by Crippen LogP contribution is -2.58. The van der Waals surface area contributed by atoms with Crippen LogP contribution in [0.15, 0.2) is 16.6 Å². The molecule has 0 saturated heterocycles. The van der Waals surface area contributed by atoms with E-state index in [-0.39, 0.29) is 11.7 Å². The van der Waals surface area contributed by atoms with Gasteiger partial charge in [0.1, 0.15) is 16.9 Å². The molecule has 5 nitrogen and oxygen atoms in total. The molecule has 0 bridgehead atoms. The highest BCUT2D eigenvalue weighted by molar-refractivity contribution is 9.10. The summed E-state index contributed by atoms with van der Waals surface area (Å²) < 4.78 is 11.6. The number of carbonyl (C=O) groups excluding carboxylic acids is 2. The summed E-state index contributed by atoms with van der Waals surface area (Å²) in [5, 5.41) is 0. The predicted octanol–water partition coefficient (Wildman–Crippen LogP) is 4.66. The van der Waals surface area contributed by atoms with Crippen molar-refractivity contribution in [3.63, 3.8) is 0 Å². The molecule has 132 valence electrons. The molecule has 0 radical (unpaired) electrons. The molecule has 1 atom stereocenters. The van der Waals surface area contributed by atoms with Crippen LogP contribution >= 0.6 is 15.9 Å². The zero-order chi connectivity index (χ0) is 18.4. The maximum absolute atomic E-state index is 12.9. The van der Waals surface area contributed by atoms with E-state index in [2.05, 4.69) is 15.9 Å². The van der Waals surface area contributed by atoms with Crippen molar-refractivity contribution in [3.8, 4) is 5.75 Å². The zero-order valence-electron chi connectivity index (χ0n) is 15.2. The molecule has 0 saturated carbocycles. The van der Waals surface area contributed by atoms with Gasteiger partial charge < -0.3 is 9.47 Å². The van der Waals surface area contributed by atoms with Crippen molar-refractivity contribution in [3.05, 3.63) is 22.2 Å². The van der Waals surface area contributed by atoms with E-state index in [9.17, 15) is 9.59 Å². The van der Waals surface area contributed by atoms with E-state index in [0.717, 1.165) is 10.0 Å². The van der Waals surface area contributed by atoms with Gasteiger partial charge in [-0.3, -0.25) is 9.69 Å². The van der Waals surface area contributed by atoms with Gasteiger partial charge in [-0.25, -0.2) is 4.79 Å². The summed E-state index contributed by atoms with van der Waals surface area (Å²) in [6.07, 6.45) is -0.543. The smallest absolute Gasteiger partial charge is 0.415 e. The number of anilines is 1. The number of ketones is 1. The maximum atomic E-state index is 12.9. The highest BCUT2D eigenvalue weighted by atomic mass is 79.9. The second kappa shape index (κ2) is 6.06. The summed E-state index contributed by atoms with van der Waals surface area (Å²) in [5.41, 5.74) is -0.244. The summed E-state index contributed by atoms with van der Waals surface area (Å²) in [6, 6.07) is 3.61. The Hall–Kier alpha value is -1.56. The van der Waals surface area contributed by atoms with Gasteiger partial charge in [0.05, 0.1) is 17.3 Å². The fourth-order valence-corrected chi connectivity index (χ4v) is 3.49. The van der Waals surface area contributed by atoms with Crippen molar-refractivity contribution in [1.29, 1.82) is 0 Å². The number of fused-ring (bicyclic) bond motifs is 1. The molecule has 1 amide bonds. The third-order valence-corrected chi connectivity index (χ3v) is 4.76. The zero-order valence-corrected chi connectivity index (χ0v) is 16.8. The Morgan fingerprint density at radius 3 is 2.38 bits per heavy atom. The Balaban J connectivity index is 2.66. The van der Waals surface area contributed by atoms with Gasteiger partial charge in [-0.1, -0.05) is 6.92 Å². The van der Waals surface area contributed by atoms with E-state index in [0.29, 0.717) is 11.4 Å². The molecule has 2 rings (SSSR count). The molecule has 1 aliphatic rings. The average molecular weight is 398 g/mol. The molecule has 0 aromatic heterocycles. The number of nitrogens with zero attached hydrogens (tertiary/aromatic N) is 1. The van der Waals surface area contributed by atoms with E-state index in [1.165, 1.54) is 4.90 Å². The Bertz CT molecular complexity index is 691. The van der Waals surface area contributed by atoms with Crippen LogP contribution in [-0.4, -0.2) is 30.1 Å². The molecule has 1 aliphatic heterocycles. The Morgan fingerprint density at radius 2 is 1.88 bits per heavy atom. The number of ether oxygens (including phenoxy) is 2. The fourth-order valence-electron chi connectivity index (χ4n) is 2.97. The van der Waals surface area contributed by atoms with Crippen LogP contribution in [0, 0.1) is 0 Å². The van der Waals surface area contributed by atoms with Crippen LogP contribution in [0.1, 0.15) is 53.0 Å². The Kier molecular flexibility index (Phi) is 4.74. The second-order valence-corrected chi connectivity index (χ2v) is 8.36. The molecular weight excluding hydrogens is 374 g/mol. The van der Waals surface area contributed by atoms with Gasteiger partial charge in [0.15, 0.2) is 5.78 Å². The first kappa shape index (κ1) is 18.8.